The molecule has 17 heavy (non-hydrogen) atoms. The van der Waals surface area contributed by atoms with E-state index in [0.29, 0.717) is 6.61 Å². The molecule has 2 heteroatoms. The zero-order chi connectivity index (χ0) is 13.1. The van der Waals surface area contributed by atoms with Crippen LogP contribution in [0.1, 0.15) is 66.2 Å². The number of nitrogens with zero attached hydrogens (tertiary/aromatic N) is 1. The Balaban J connectivity index is 4.34. The minimum atomic E-state index is 0.126. The predicted octanol–water partition coefficient (Wildman–Crippen LogP) is 3.69. The van der Waals surface area contributed by atoms with Crippen molar-refractivity contribution in [2.75, 3.05) is 26.2 Å². The van der Waals surface area contributed by atoms with Gasteiger partial charge in [-0.05, 0) is 38.8 Å². The maximum absolute atomic E-state index is 9.65. The van der Waals surface area contributed by atoms with Gasteiger partial charge >= 0.3 is 0 Å². The Morgan fingerprint density at radius 3 is 1.65 bits per heavy atom. The summed E-state index contributed by atoms with van der Waals surface area (Å²) >= 11 is 0. The average Bonchev–Trinajstić information content (AvgIpc) is 2.38. The van der Waals surface area contributed by atoms with Crippen LogP contribution in [0, 0.1) is 5.41 Å². The smallest absolute Gasteiger partial charge is 0.0499 e. The fraction of sp³-hybridized carbons (Fsp3) is 1.00. The summed E-state index contributed by atoms with van der Waals surface area (Å²) in [6.45, 7) is 12.7. The zero-order valence-corrected chi connectivity index (χ0v) is 12.5. The molecule has 2 nitrogen and oxygen atoms in total. The highest BCUT2D eigenvalue weighted by Crippen LogP contribution is 2.27. The molecule has 0 bridgehead atoms. The van der Waals surface area contributed by atoms with Crippen LogP contribution < -0.4 is 0 Å². The van der Waals surface area contributed by atoms with Gasteiger partial charge in [-0.3, -0.25) is 0 Å². The van der Waals surface area contributed by atoms with Crippen LogP contribution in [-0.4, -0.2) is 36.2 Å². The van der Waals surface area contributed by atoms with E-state index in [4.69, 9.17) is 0 Å². The van der Waals surface area contributed by atoms with Gasteiger partial charge in [0.15, 0.2) is 0 Å². The van der Waals surface area contributed by atoms with Gasteiger partial charge in [0.2, 0.25) is 0 Å². The molecular formula is C15H33NO. The summed E-state index contributed by atoms with van der Waals surface area (Å²) in [7, 11) is 0. The fourth-order valence-electron chi connectivity index (χ4n) is 2.25. The molecule has 0 fully saturated rings. The van der Waals surface area contributed by atoms with Gasteiger partial charge in [-0.2, -0.15) is 0 Å². The summed E-state index contributed by atoms with van der Waals surface area (Å²) in [5.41, 5.74) is 0.126. The molecule has 0 heterocycles. The van der Waals surface area contributed by atoms with Crippen molar-refractivity contribution in [3.63, 3.8) is 0 Å². The largest absolute Gasteiger partial charge is 0.396 e. The third kappa shape index (κ3) is 6.42. The molecule has 0 amide bonds. The van der Waals surface area contributed by atoms with Gasteiger partial charge in [0.05, 0.1) is 0 Å². The molecule has 0 aromatic carbocycles. The Labute approximate surface area is 108 Å². The zero-order valence-electron chi connectivity index (χ0n) is 12.5. The fourth-order valence-corrected chi connectivity index (χ4v) is 2.25. The molecule has 0 unspecified atom stereocenters. The third-order valence-corrected chi connectivity index (χ3v) is 4.05. The van der Waals surface area contributed by atoms with E-state index in [9.17, 15) is 5.11 Å². The van der Waals surface area contributed by atoms with E-state index in [1.54, 1.807) is 0 Å². The van der Waals surface area contributed by atoms with Crippen molar-refractivity contribution in [1.82, 2.24) is 4.90 Å². The molecular weight excluding hydrogens is 210 g/mol. The van der Waals surface area contributed by atoms with E-state index in [0.717, 1.165) is 19.4 Å². The summed E-state index contributed by atoms with van der Waals surface area (Å²) in [4.78, 5) is 2.57. The highest BCUT2D eigenvalue weighted by molar-refractivity contribution is 4.80. The monoisotopic (exact) mass is 243 g/mol. The van der Waals surface area contributed by atoms with Gasteiger partial charge in [-0.1, -0.05) is 40.5 Å². The van der Waals surface area contributed by atoms with E-state index >= 15 is 0 Å². The molecule has 0 radical (unpaired) electrons. The number of aliphatic hydroxyl groups excluding tert-OH is 1. The predicted molar refractivity (Wildman–Crippen MR) is 76.4 cm³/mol. The SMILES string of the molecule is CCCCN(CCCC)CC(CC)(CC)CO. The Morgan fingerprint density at radius 1 is 0.882 bits per heavy atom. The van der Waals surface area contributed by atoms with Crippen molar-refractivity contribution in [2.45, 2.75) is 66.2 Å². The van der Waals surface area contributed by atoms with Crippen LogP contribution in [0.3, 0.4) is 0 Å². The van der Waals surface area contributed by atoms with Crippen LogP contribution >= 0.6 is 0 Å². The second-order valence-electron chi connectivity index (χ2n) is 5.35. The van der Waals surface area contributed by atoms with Crippen LogP contribution in [0.15, 0.2) is 0 Å². The maximum Gasteiger partial charge on any atom is 0.0499 e. The van der Waals surface area contributed by atoms with Gasteiger partial charge in [0.1, 0.15) is 0 Å². The van der Waals surface area contributed by atoms with E-state index in [1.807, 2.05) is 0 Å². The lowest BCUT2D eigenvalue weighted by Gasteiger charge is -2.36. The van der Waals surface area contributed by atoms with E-state index in [2.05, 4.69) is 32.6 Å². The topological polar surface area (TPSA) is 23.5 Å². The summed E-state index contributed by atoms with van der Waals surface area (Å²) in [5, 5.41) is 9.65. The second-order valence-corrected chi connectivity index (χ2v) is 5.35. The molecule has 0 aromatic rings. The Bertz CT molecular complexity index is 150. The summed E-state index contributed by atoms with van der Waals surface area (Å²) in [6, 6.07) is 0. The van der Waals surface area contributed by atoms with Crippen LogP contribution in [0.4, 0.5) is 0 Å². The van der Waals surface area contributed by atoms with Gasteiger partial charge in [-0.25, -0.2) is 0 Å². The van der Waals surface area contributed by atoms with Crippen molar-refractivity contribution < 1.29 is 5.11 Å². The highest BCUT2D eigenvalue weighted by Gasteiger charge is 2.27. The minimum absolute atomic E-state index is 0.126. The lowest BCUT2D eigenvalue weighted by Crippen LogP contribution is -2.40. The van der Waals surface area contributed by atoms with Gasteiger partial charge in [0.25, 0.3) is 0 Å². The molecule has 0 saturated carbocycles. The summed E-state index contributed by atoms with van der Waals surface area (Å²) in [5.74, 6) is 0. The van der Waals surface area contributed by atoms with E-state index in [-0.39, 0.29) is 5.41 Å². The number of rotatable bonds is 11. The molecule has 0 aromatic heterocycles. The average molecular weight is 243 g/mol. The van der Waals surface area contributed by atoms with Crippen molar-refractivity contribution in [3.05, 3.63) is 0 Å². The van der Waals surface area contributed by atoms with Crippen LogP contribution in [0.5, 0.6) is 0 Å². The summed E-state index contributed by atoms with van der Waals surface area (Å²) in [6.07, 6.45) is 7.22. The normalized spacial score (nSPS) is 12.4. The first-order chi connectivity index (χ1) is 8.17. The third-order valence-electron chi connectivity index (χ3n) is 4.05. The number of hydrogen-bond acceptors (Lipinski definition) is 2. The number of aliphatic hydroxyl groups is 1. The molecule has 0 aliphatic heterocycles. The molecule has 0 aliphatic carbocycles. The van der Waals surface area contributed by atoms with Crippen molar-refractivity contribution in [2.24, 2.45) is 5.41 Å². The molecule has 0 saturated heterocycles. The van der Waals surface area contributed by atoms with E-state index in [1.165, 1.54) is 38.8 Å². The molecule has 0 rings (SSSR count). The molecule has 0 atom stereocenters. The van der Waals surface area contributed by atoms with Gasteiger partial charge in [0, 0.05) is 18.6 Å². The first kappa shape index (κ1) is 16.9. The maximum atomic E-state index is 9.65. The quantitative estimate of drug-likeness (QED) is 0.598. The Kier molecular flexibility index (Phi) is 9.85. The molecule has 0 aliphatic rings. The standard InChI is InChI=1S/C15H33NO/c1-5-9-11-16(12-10-6-2)13-15(7-3,8-4)14-17/h17H,5-14H2,1-4H3. The van der Waals surface area contributed by atoms with Gasteiger partial charge in [-0.15, -0.1) is 0 Å². The molecule has 1 N–H and O–H groups in total. The van der Waals surface area contributed by atoms with Crippen molar-refractivity contribution in [3.8, 4) is 0 Å². The summed E-state index contributed by atoms with van der Waals surface area (Å²) < 4.78 is 0. The van der Waals surface area contributed by atoms with Crippen molar-refractivity contribution >= 4 is 0 Å². The number of hydrogen-bond donors (Lipinski definition) is 1. The Hall–Kier alpha value is -0.0800. The first-order valence-electron chi connectivity index (χ1n) is 7.51. The van der Waals surface area contributed by atoms with Crippen LogP contribution in [-0.2, 0) is 0 Å². The Morgan fingerprint density at radius 2 is 1.35 bits per heavy atom. The van der Waals surface area contributed by atoms with Gasteiger partial charge < -0.3 is 10.0 Å². The minimum Gasteiger partial charge on any atom is -0.396 e. The highest BCUT2D eigenvalue weighted by atomic mass is 16.3. The van der Waals surface area contributed by atoms with Crippen LogP contribution in [0.25, 0.3) is 0 Å². The van der Waals surface area contributed by atoms with Crippen molar-refractivity contribution in [1.29, 1.82) is 0 Å². The van der Waals surface area contributed by atoms with Crippen LogP contribution in [0.2, 0.25) is 0 Å². The lowest BCUT2D eigenvalue weighted by molar-refractivity contribution is 0.0644. The number of unbranched alkanes of at least 4 members (excludes halogenated alkanes) is 2. The molecule has 104 valence electrons. The lowest BCUT2D eigenvalue weighted by atomic mass is 9.82. The molecule has 0 spiro atoms. The van der Waals surface area contributed by atoms with E-state index < -0.39 is 0 Å². The second kappa shape index (κ2) is 9.90. The first-order valence-corrected chi connectivity index (χ1v) is 7.51.